The highest BCUT2D eigenvalue weighted by Crippen LogP contribution is 2.40. The van der Waals surface area contributed by atoms with Gasteiger partial charge in [-0.25, -0.2) is 13.2 Å². The standard InChI is InChI=1S/C36H42F3N5O/c1-3-8-26-11-6-9-22(2)44(26)17-7-18-45-36-41-34-28(35(42-36)43-20-24-14-15-25(21-43)40-24)19-30(38)32(33(34)39)31-27-12-5-4-10-23(27)13-16-29(31)37/h4-5,10,12-13,16,19,22,24-26,40H,3,6-9,11,14-15,17-18,20-21H2,1-2H3. The lowest BCUT2D eigenvalue weighted by atomic mass is 9.93. The second-order valence-electron chi connectivity index (χ2n) is 13.1. The van der Waals surface area contributed by atoms with E-state index in [9.17, 15) is 0 Å². The van der Waals surface area contributed by atoms with Crippen molar-refractivity contribution in [3.8, 4) is 17.1 Å². The van der Waals surface area contributed by atoms with E-state index in [4.69, 9.17) is 9.72 Å². The van der Waals surface area contributed by atoms with Crippen LogP contribution in [0.4, 0.5) is 19.0 Å². The summed E-state index contributed by atoms with van der Waals surface area (Å²) in [6, 6.07) is 13.0. The number of nitrogens with zero attached hydrogens (tertiary/aromatic N) is 4. The van der Waals surface area contributed by atoms with E-state index in [0.29, 0.717) is 60.5 Å². The number of piperidine rings is 1. The molecule has 7 rings (SSSR count). The molecule has 1 aromatic heterocycles. The highest BCUT2D eigenvalue weighted by Gasteiger charge is 2.35. The fraction of sp³-hybridized carbons (Fsp3) is 0.500. The van der Waals surface area contributed by atoms with E-state index < -0.39 is 23.0 Å². The highest BCUT2D eigenvalue weighted by molar-refractivity contribution is 6.01. The molecule has 2 bridgehead atoms. The fourth-order valence-electron chi connectivity index (χ4n) is 7.96. The zero-order valence-electron chi connectivity index (χ0n) is 26.2. The second kappa shape index (κ2) is 12.8. The van der Waals surface area contributed by atoms with E-state index >= 15 is 13.2 Å². The minimum atomic E-state index is -0.906. The molecule has 3 aromatic carbocycles. The quantitative estimate of drug-likeness (QED) is 0.195. The van der Waals surface area contributed by atoms with Crippen molar-refractivity contribution in [1.29, 1.82) is 0 Å². The van der Waals surface area contributed by atoms with E-state index in [0.717, 1.165) is 25.8 Å². The molecule has 9 heteroatoms. The predicted octanol–water partition coefficient (Wildman–Crippen LogP) is 7.62. The van der Waals surface area contributed by atoms with Gasteiger partial charge in [-0.15, -0.1) is 0 Å². The van der Waals surface area contributed by atoms with E-state index in [2.05, 4.69) is 33.9 Å². The zero-order valence-corrected chi connectivity index (χ0v) is 26.2. The number of piperazine rings is 1. The number of likely N-dealkylation sites (tertiary alicyclic amines) is 1. The molecule has 3 aliphatic heterocycles. The monoisotopic (exact) mass is 617 g/mol. The molecule has 45 heavy (non-hydrogen) atoms. The van der Waals surface area contributed by atoms with Gasteiger partial charge >= 0.3 is 6.01 Å². The fourth-order valence-corrected chi connectivity index (χ4v) is 7.96. The third-order valence-electron chi connectivity index (χ3n) is 10.1. The third-order valence-corrected chi connectivity index (χ3v) is 10.1. The molecule has 4 heterocycles. The average Bonchev–Trinajstić information content (AvgIpc) is 3.38. The van der Waals surface area contributed by atoms with Crippen LogP contribution < -0.4 is 15.0 Å². The summed E-state index contributed by atoms with van der Waals surface area (Å²) >= 11 is 0. The third kappa shape index (κ3) is 5.85. The molecule has 6 nitrogen and oxygen atoms in total. The largest absolute Gasteiger partial charge is 0.463 e. The molecule has 0 saturated carbocycles. The first kappa shape index (κ1) is 30.2. The van der Waals surface area contributed by atoms with Crippen molar-refractivity contribution in [2.75, 3.05) is 31.1 Å². The van der Waals surface area contributed by atoms with E-state index in [-0.39, 0.29) is 22.5 Å². The number of anilines is 1. The molecule has 0 spiro atoms. The Kier molecular flexibility index (Phi) is 8.57. The summed E-state index contributed by atoms with van der Waals surface area (Å²) in [6.07, 6.45) is 8.98. The normalized spacial score (nSPS) is 23.7. The van der Waals surface area contributed by atoms with Gasteiger partial charge in [0.05, 0.1) is 12.2 Å². The molecule has 0 amide bonds. The van der Waals surface area contributed by atoms with Crippen molar-refractivity contribution < 1.29 is 17.9 Å². The second-order valence-corrected chi connectivity index (χ2v) is 13.1. The number of hydrogen-bond donors (Lipinski definition) is 1. The lowest BCUT2D eigenvalue weighted by molar-refractivity contribution is 0.0797. The molecule has 3 aliphatic rings. The first-order valence-electron chi connectivity index (χ1n) is 16.7. The van der Waals surface area contributed by atoms with Crippen LogP contribution in [0.25, 0.3) is 32.8 Å². The Morgan fingerprint density at radius 2 is 1.71 bits per heavy atom. The Bertz CT molecular complexity index is 1690. The number of nitrogens with one attached hydrogen (secondary N) is 1. The van der Waals surface area contributed by atoms with Gasteiger partial charge in [-0.1, -0.05) is 50.1 Å². The summed E-state index contributed by atoms with van der Waals surface area (Å²) in [4.78, 5) is 14.0. The molecular weight excluding hydrogens is 575 g/mol. The van der Waals surface area contributed by atoms with Crippen LogP contribution in [0.2, 0.25) is 0 Å². The van der Waals surface area contributed by atoms with Crippen molar-refractivity contribution in [3.05, 3.63) is 59.9 Å². The van der Waals surface area contributed by atoms with Crippen LogP contribution in [0, 0.1) is 17.5 Å². The highest BCUT2D eigenvalue weighted by atomic mass is 19.1. The average molecular weight is 618 g/mol. The molecule has 238 valence electrons. The number of aromatic nitrogens is 2. The van der Waals surface area contributed by atoms with Gasteiger partial charge in [0.2, 0.25) is 0 Å². The van der Waals surface area contributed by atoms with Gasteiger partial charge in [0.25, 0.3) is 0 Å². The number of hydrogen-bond acceptors (Lipinski definition) is 6. The minimum absolute atomic E-state index is 0.0581. The van der Waals surface area contributed by atoms with Crippen LogP contribution in [0.3, 0.4) is 0 Å². The summed E-state index contributed by atoms with van der Waals surface area (Å²) in [5, 5.41) is 5.01. The van der Waals surface area contributed by atoms with Crippen LogP contribution >= 0.6 is 0 Å². The maximum Gasteiger partial charge on any atom is 0.319 e. The van der Waals surface area contributed by atoms with Crippen LogP contribution in [0.1, 0.15) is 65.2 Å². The molecule has 0 radical (unpaired) electrons. The van der Waals surface area contributed by atoms with Gasteiger partial charge in [-0.05, 0) is 68.4 Å². The smallest absolute Gasteiger partial charge is 0.319 e. The minimum Gasteiger partial charge on any atom is -0.463 e. The van der Waals surface area contributed by atoms with E-state index in [1.54, 1.807) is 24.3 Å². The van der Waals surface area contributed by atoms with E-state index in [1.165, 1.54) is 44.2 Å². The summed E-state index contributed by atoms with van der Waals surface area (Å²) in [7, 11) is 0. The Hall–Kier alpha value is -3.43. The molecular formula is C36H42F3N5O. The number of halogens is 3. The lowest BCUT2D eigenvalue weighted by Crippen LogP contribution is -2.51. The number of ether oxygens (including phenoxy) is 1. The number of rotatable bonds is 9. The number of fused-ring (bicyclic) bond motifs is 4. The van der Waals surface area contributed by atoms with Gasteiger partial charge < -0.3 is 15.0 Å². The van der Waals surface area contributed by atoms with Gasteiger partial charge in [-0.3, -0.25) is 4.90 Å². The molecule has 3 fully saturated rings. The molecule has 4 atom stereocenters. The van der Waals surface area contributed by atoms with Crippen molar-refractivity contribution in [2.24, 2.45) is 0 Å². The van der Waals surface area contributed by atoms with Gasteiger partial charge in [-0.2, -0.15) is 9.97 Å². The summed E-state index contributed by atoms with van der Waals surface area (Å²) in [5.74, 6) is -1.98. The van der Waals surface area contributed by atoms with Crippen LogP contribution in [-0.4, -0.2) is 65.3 Å². The van der Waals surface area contributed by atoms with Crippen molar-refractivity contribution >= 4 is 27.5 Å². The van der Waals surface area contributed by atoms with Gasteiger partial charge in [0, 0.05) is 54.8 Å². The van der Waals surface area contributed by atoms with E-state index in [1.807, 2.05) is 6.07 Å². The molecule has 4 aromatic rings. The molecule has 0 aliphatic carbocycles. The first-order chi connectivity index (χ1) is 21.9. The Morgan fingerprint density at radius 1 is 0.911 bits per heavy atom. The summed E-state index contributed by atoms with van der Waals surface area (Å²) < 4.78 is 54.1. The maximum absolute atomic E-state index is 16.6. The topological polar surface area (TPSA) is 53.5 Å². The summed E-state index contributed by atoms with van der Waals surface area (Å²) in [5.41, 5.74) is -0.587. The molecule has 3 saturated heterocycles. The molecule has 4 unspecified atom stereocenters. The van der Waals surface area contributed by atoms with Crippen LogP contribution in [-0.2, 0) is 0 Å². The Balaban J connectivity index is 1.25. The van der Waals surface area contributed by atoms with Crippen molar-refractivity contribution in [2.45, 2.75) is 89.4 Å². The Labute approximate surface area is 263 Å². The van der Waals surface area contributed by atoms with Gasteiger partial charge in [0.1, 0.15) is 23.0 Å². The summed E-state index contributed by atoms with van der Waals surface area (Å²) in [6.45, 7) is 7.20. The Morgan fingerprint density at radius 3 is 2.51 bits per heavy atom. The lowest BCUT2D eigenvalue weighted by Gasteiger charge is -2.40. The van der Waals surface area contributed by atoms with Gasteiger partial charge in [0.15, 0.2) is 5.82 Å². The zero-order chi connectivity index (χ0) is 31.1. The SMILES string of the molecule is CCCC1CCCC(C)N1CCCOc1nc(N2CC3CCC(C2)N3)c2cc(F)c(-c3c(F)ccc4ccccc34)c(F)c2n1. The molecule has 1 N–H and O–H groups in total. The first-order valence-corrected chi connectivity index (χ1v) is 16.7. The predicted molar refractivity (Wildman–Crippen MR) is 173 cm³/mol. The number of benzene rings is 3. The maximum atomic E-state index is 16.6. The van der Waals surface area contributed by atoms with Crippen molar-refractivity contribution in [3.63, 3.8) is 0 Å². The van der Waals surface area contributed by atoms with Crippen LogP contribution in [0.15, 0.2) is 42.5 Å². The van der Waals surface area contributed by atoms with Crippen molar-refractivity contribution in [1.82, 2.24) is 20.2 Å². The van der Waals surface area contributed by atoms with Crippen LogP contribution in [0.5, 0.6) is 6.01 Å².